The molecule has 26 heavy (non-hydrogen) atoms. The van der Waals surface area contributed by atoms with E-state index >= 15 is 0 Å². The summed E-state index contributed by atoms with van der Waals surface area (Å²) in [6.07, 6.45) is -2.19. The number of aliphatic hydroxyl groups is 2. The Balaban J connectivity index is 2.40. The van der Waals surface area contributed by atoms with Crippen molar-refractivity contribution in [1.29, 1.82) is 0 Å². The lowest BCUT2D eigenvalue weighted by Gasteiger charge is -2.26. The van der Waals surface area contributed by atoms with Crippen LogP contribution >= 0.6 is 0 Å². The summed E-state index contributed by atoms with van der Waals surface area (Å²) in [4.78, 5) is 0. The molecule has 0 heterocycles. The van der Waals surface area contributed by atoms with E-state index in [1.54, 1.807) is 36.4 Å². The molecule has 2 atom stereocenters. The van der Waals surface area contributed by atoms with Crippen molar-refractivity contribution in [1.82, 2.24) is 0 Å². The fourth-order valence-corrected chi connectivity index (χ4v) is 2.59. The molecule has 0 aliphatic heterocycles. The van der Waals surface area contributed by atoms with Crippen molar-refractivity contribution >= 4 is 0 Å². The molecule has 2 aromatic rings. The molecule has 7 heteroatoms. The standard InChI is InChI=1S/C19H24O7/c1-22-12-9-15(24-3)18(16(10-12)25-4)19(21)17(11-20)26-14-8-6-5-7-13(14)23-2/h5-10,17,19-21H,11H2,1-4H3/t17-,19-/m0/s1. The van der Waals surface area contributed by atoms with E-state index < -0.39 is 18.8 Å². The van der Waals surface area contributed by atoms with E-state index in [2.05, 4.69) is 0 Å². The van der Waals surface area contributed by atoms with Crippen LogP contribution in [-0.4, -0.2) is 51.4 Å². The molecular formula is C19H24O7. The molecular weight excluding hydrogens is 340 g/mol. The van der Waals surface area contributed by atoms with Crippen LogP contribution in [0.15, 0.2) is 36.4 Å². The molecule has 0 bridgehead atoms. The molecule has 0 aliphatic carbocycles. The van der Waals surface area contributed by atoms with Crippen molar-refractivity contribution in [3.63, 3.8) is 0 Å². The highest BCUT2D eigenvalue weighted by Gasteiger charge is 2.30. The van der Waals surface area contributed by atoms with Crippen LogP contribution in [0, 0.1) is 0 Å². The van der Waals surface area contributed by atoms with Crippen LogP contribution in [-0.2, 0) is 0 Å². The summed E-state index contributed by atoms with van der Waals surface area (Å²) in [5.74, 6) is 2.12. The third kappa shape index (κ3) is 4.12. The van der Waals surface area contributed by atoms with Gasteiger partial charge in [0, 0.05) is 12.1 Å². The third-order valence-corrected chi connectivity index (χ3v) is 3.93. The number of benzene rings is 2. The molecule has 0 saturated carbocycles. The Kier molecular flexibility index (Phi) is 6.94. The van der Waals surface area contributed by atoms with Gasteiger partial charge in [-0.25, -0.2) is 0 Å². The lowest BCUT2D eigenvalue weighted by molar-refractivity contribution is -0.00256. The number of aliphatic hydroxyl groups excluding tert-OH is 2. The molecule has 0 spiro atoms. The highest BCUT2D eigenvalue weighted by molar-refractivity contribution is 5.52. The van der Waals surface area contributed by atoms with Gasteiger partial charge in [-0.05, 0) is 12.1 Å². The Labute approximate surface area is 152 Å². The second-order valence-electron chi connectivity index (χ2n) is 5.38. The smallest absolute Gasteiger partial charge is 0.161 e. The van der Waals surface area contributed by atoms with Crippen molar-refractivity contribution in [3.05, 3.63) is 42.0 Å². The summed E-state index contributed by atoms with van der Waals surface area (Å²) >= 11 is 0. The maximum atomic E-state index is 10.9. The Bertz CT molecular complexity index is 692. The SMILES string of the molecule is COc1cc(OC)c([C@@H](O)[C@H](CO)Oc2ccccc2OC)c(OC)c1. The van der Waals surface area contributed by atoms with Crippen molar-refractivity contribution in [2.45, 2.75) is 12.2 Å². The molecule has 2 rings (SSSR count). The van der Waals surface area contributed by atoms with Gasteiger partial charge in [0.25, 0.3) is 0 Å². The molecule has 0 aliphatic rings. The molecule has 0 saturated heterocycles. The van der Waals surface area contributed by atoms with Gasteiger partial charge < -0.3 is 33.9 Å². The third-order valence-electron chi connectivity index (χ3n) is 3.93. The second kappa shape index (κ2) is 9.17. The summed E-state index contributed by atoms with van der Waals surface area (Å²) in [7, 11) is 5.98. The summed E-state index contributed by atoms with van der Waals surface area (Å²) in [5.41, 5.74) is 0.352. The Morgan fingerprint density at radius 3 is 1.81 bits per heavy atom. The lowest BCUT2D eigenvalue weighted by Crippen LogP contribution is -2.30. The van der Waals surface area contributed by atoms with E-state index in [1.807, 2.05) is 0 Å². The average molecular weight is 364 g/mol. The minimum absolute atomic E-state index is 0.352. The molecule has 2 N–H and O–H groups in total. The van der Waals surface area contributed by atoms with E-state index in [0.717, 1.165) is 0 Å². The molecule has 0 amide bonds. The summed E-state index contributed by atoms with van der Waals surface area (Å²) < 4.78 is 27.0. The van der Waals surface area contributed by atoms with Crippen LogP contribution in [0.4, 0.5) is 0 Å². The number of hydrogen-bond acceptors (Lipinski definition) is 7. The first-order valence-corrected chi connectivity index (χ1v) is 7.98. The molecule has 7 nitrogen and oxygen atoms in total. The lowest BCUT2D eigenvalue weighted by atomic mass is 10.0. The normalized spacial score (nSPS) is 12.8. The highest BCUT2D eigenvalue weighted by Crippen LogP contribution is 2.40. The first kappa shape index (κ1) is 19.7. The van der Waals surface area contributed by atoms with Gasteiger partial charge in [0.05, 0.1) is 40.6 Å². The van der Waals surface area contributed by atoms with Crippen LogP contribution < -0.4 is 23.7 Å². The number of rotatable bonds is 9. The zero-order valence-electron chi connectivity index (χ0n) is 15.3. The molecule has 0 aromatic heterocycles. The maximum Gasteiger partial charge on any atom is 0.161 e. The predicted octanol–water partition coefficient (Wildman–Crippen LogP) is 2.19. The monoisotopic (exact) mass is 364 g/mol. The largest absolute Gasteiger partial charge is 0.496 e. The van der Waals surface area contributed by atoms with Crippen LogP contribution in [0.2, 0.25) is 0 Å². The summed E-state index contributed by atoms with van der Waals surface area (Å²) in [5, 5.41) is 20.6. The van der Waals surface area contributed by atoms with Gasteiger partial charge >= 0.3 is 0 Å². The quantitative estimate of drug-likeness (QED) is 0.705. The van der Waals surface area contributed by atoms with Crippen molar-refractivity contribution in [2.24, 2.45) is 0 Å². The van der Waals surface area contributed by atoms with Crippen LogP contribution in [0.5, 0.6) is 28.7 Å². The van der Waals surface area contributed by atoms with Gasteiger partial charge in [0.1, 0.15) is 23.4 Å². The number of methoxy groups -OCH3 is 4. The zero-order chi connectivity index (χ0) is 19.1. The molecule has 0 radical (unpaired) electrons. The maximum absolute atomic E-state index is 10.9. The molecule has 0 fully saturated rings. The number of ether oxygens (including phenoxy) is 5. The average Bonchev–Trinajstić information content (AvgIpc) is 2.70. The van der Waals surface area contributed by atoms with Gasteiger partial charge in [-0.3, -0.25) is 0 Å². The summed E-state index contributed by atoms with van der Waals surface area (Å²) in [6, 6.07) is 10.2. The summed E-state index contributed by atoms with van der Waals surface area (Å²) in [6.45, 7) is -0.433. The van der Waals surface area contributed by atoms with Crippen molar-refractivity contribution in [3.8, 4) is 28.7 Å². The Hall–Kier alpha value is -2.64. The van der Waals surface area contributed by atoms with Crippen LogP contribution in [0.3, 0.4) is 0 Å². The second-order valence-corrected chi connectivity index (χ2v) is 5.38. The van der Waals surface area contributed by atoms with Crippen LogP contribution in [0.25, 0.3) is 0 Å². The van der Waals surface area contributed by atoms with E-state index in [0.29, 0.717) is 34.3 Å². The molecule has 2 aromatic carbocycles. The van der Waals surface area contributed by atoms with Gasteiger partial charge in [0.15, 0.2) is 17.6 Å². The zero-order valence-corrected chi connectivity index (χ0v) is 15.3. The van der Waals surface area contributed by atoms with Crippen molar-refractivity contribution < 1.29 is 33.9 Å². The van der Waals surface area contributed by atoms with Crippen LogP contribution in [0.1, 0.15) is 11.7 Å². The van der Waals surface area contributed by atoms with E-state index in [1.165, 1.54) is 28.4 Å². The van der Waals surface area contributed by atoms with Gasteiger partial charge in [-0.15, -0.1) is 0 Å². The first-order valence-electron chi connectivity index (χ1n) is 7.98. The number of para-hydroxylation sites is 2. The topological polar surface area (TPSA) is 86.6 Å². The number of hydrogen-bond donors (Lipinski definition) is 2. The first-order chi connectivity index (χ1) is 12.6. The Morgan fingerprint density at radius 1 is 0.808 bits per heavy atom. The van der Waals surface area contributed by atoms with Gasteiger partial charge in [-0.1, -0.05) is 12.1 Å². The molecule has 142 valence electrons. The minimum atomic E-state index is -1.22. The fourth-order valence-electron chi connectivity index (χ4n) is 2.59. The van der Waals surface area contributed by atoms with Gasteiger partial charge in [0.2, 0.25) is 0 Å². The van der Waals surface area contributed by atoms with Gasteiger partial charge in [-0.2, -0.15) is 0 Å². The predicted molar refractivity (Wildman–Crippen MR) is 95.6 cm³/mol. The van der Waals surface area contributed by atoms with E-state index in [9.17, 15) is 10.2 Å². The van der Waals surface area contributed by atoms with Crippen molar-refractivity contribution in [2.75, 3.05) is 35.0 Å². The van der Waals surface area contributed by atoms with E-state index in [-0.39, 0.29) is 0 Å². The Morgan fingerprint density at radius 2 is 1.35 bits per heavy atom. The fraction of sp³-hybridized carbons (Fsp3) is 0.368. The highest BCUT2D eigenvalue weighted by atomic mass is 16.5. The van der Waals surface area contributed by atoms with E-state index in [4.69, 9.17) is 23.7 Å². The molecule has 0 unspecified atom stereocenters. The minimum Gasteiger partial charge on any atom is -0.496 e.